The van der Waals surface area contributed by atoms with Crippen molar-refractivity contribution >= 4 is 47.9 Å². The molecule has 0 aliphatic carbocycles. The molecule has 0 bridgehead atoms. The summed E-state index contributed by atoms with van der Waals surface area (Å²) in [4.78, 5) is 16.1. The van der Waals surface area contributed by atoms with Gasteiger partial charge < -0.3 is 21.1 Å². The van der Waals surface area contributed by atoms with E-state index in [1.165, 1.54) is 6.07 Å². The fourth-order valence-corrected chi connectivity index (χ4v) is 2.93. The standard InChI is InChI=1S/C19H21F3N4O2.2ClH/c20-19(21,22)13-1-6-16(24-11-13)25-14-2-4-15(5-3-14)26-18(27)17(23)12-7-9-28-10-8-12;;/h1-6,11-12,17H,7-10,23H2,(H,24,25)(H,26,27);2*1H. The number of aromatic nitrogens is 1. The van der Waals surface area contributed by atoms with Crippen LogP contribution in [0.4, 0.5) is 30.4 Å². The molecule has 11 heteroatoms. The van der Waals surface area contributed by atoms with Gasteiger partial charge in [-0.3, -0.25) is 4.79 Å². The lowest BCUT2D eigenvalue weighted by atomic mass is 9.92. The Hall–Kier alpha value is -2.07. The largest absolute Gasteiger partial charge is 0.417 e. The predicted octanol–water partition coefficient (Wildman–Crippen LogP) is 4.38. The summed E-state index contributed by atoms with van der Waals surface area (Å²) in [5.41, 5.74) is 6.44. The van der Waals surface area contributed by atoms with Crippen molar-refractivity contribution in [2.45, 2.75) is 25.1 Å². The second-order valence-corrected chi connectivity index (χ2v) is 6.60. The lowest BCUT2D eigenvalue weighted by Crippen LogP contribution is -2.43. The van der Waals surface area contributed by atoms with Gasteiger partial charge in [-0.2, -0.15) is 13.2 Å². The van der Waals surface area contributed by atoms with Crippen LogP contribution in [0.25, 0.3) is 0 Å². The highest BCUT2D eigenvalue weighted by Gasteiger charge is 2.30. The number of ether oxygens (including phenoxy) is 1. The van der Waals surface area contributed by atoms with E-state index in [4.69, 9.17) is 10.5 Å². The molecule has 1 amide bonds. The van der Waals surface area contributed by atoms with Gasteiger partial charge in [-0.05, 0) is 55.2 Å². The van der Waals surface area contributed by atoms with Crippen LogP contribution in [0.3, 0.4) is 0 Å². The van der Waals surface area contributed by atoms with Crippen molar-refractivity contribution in [2.24, 2.45) is 11.7 Å². The summed E-state index contributed by atoms with van der Waals surface area (Å²) in [5.74, 6) is 0.128. The molecule has 166 valence electrons. The Morgan fingerprint density at radius 2 is 1.67 bits per heavy atom. The van der Waals surface area contributed by atoms with Crippen LogP contribution in [0.5, 0.6) is 0 Å². The molecule has 0 radical (unpaired) electrons. The number of carbonyl (C=O) groups excluding carboxylic acids is 1. The monoisotopic (exact) mass is 466 g/mol. The van der Waals surface area contributed by atoms with Crippen LogP contribution in [0.2, 0.25) is 0 Å². The Bertz CT molecular complexity index is 799. The van der Waals surface area contributed by atoms with E-state index in [9.17, 15) is 18.0 Å². The topological polar surface area (TPSA) is 89.3 Å². The van der Waals surface area contributed by atoms with Crippen molar-refractivity contribution in [2.75, 3.05) is 23.8 Å². The Morgan fingerprint density at radius 1 is 1.07 bits per heavy atom. The number of rotatable bonds is 5. The molecule has 1 aromatic heterocycles. The summed E-state index contributed by atoms with van der Waals surface area (Å²) in [6.45, 7) is 1.23. The van der Waals surface area contributed by atoms with E-state index in [0.29, 0.717) is 24.6 Å². The van der Waals surface area contributed by atoms with Gasteiger partial charge in [-0.15, -0.1) is 24.8 Å². The van der Waals surface area contributed by atoms with E-state index in [2.05, 4.69) is 15.6 Å². The maximum Gasteiger partial charge on any atom is 0.417 e. The zero-order valence-corrected chi connectivity index (χ0v) is 17.4. The van der Waals surface area contributed by atoms with Crippen LogP contribution < -0.4 is 16.4 Å². The number of nitrogens with two attached hydrogens (primary N) is 1. The van der Waals surface area contributed by atoms with Gasteiger partial charge >= 0.3 is 6.18 Å². The highest BCUT2D eigenvalue weighted by molar-refractivity contribution is 5.95. The van der Waals surface area contributed by atoms with Crippen molar-refractivity contribution in [3.8, 4) is 0 Å². The minimum atomic E-state index is -4.42. The molecule has 2 heterocycles. The molecule has 30 heavy (non-hydrogen) atoms. The highest BCUT2D eigenvalue weighted by atomic mass is 35.5. The molecular weight excluding hydrogens is 444 g/mol. The minimum Gasteiger partial charge on any atom is -0.381 e. The van der Waals surface area contributed by atoms with Crippen LogP contribution in [0.1, 0.15) is 18.4 Å². The first kappa shape index (κ1) is 26.0. The van der Waals surface area contributed by atoms with Gasteiger partial charge in [0.1, 0.15) is 5.82 Å². The van der Waals surface area contributed by atoms with Crippen molar-refractivity contribution in [3.63, 3.8) is 0 Å². The fraction of sp³-hybridized carbons (Fsp3) is 0.368. The normalized spacial score (nSPS) is 15.3. The summed E-state index contributed by atoms with van der Waals surface area (Å²) in [6.07, 6.45) is -2.12. The minimum absolute atomic E-state index is 0. The van der Waals surface area contributed by atoms with Gasteiger partial charge in [0.25, 0.3) is 0 Å². The van der Waals surface area contributed by atoms with Gasteiger partial charge in [0, 0.05) is 30.8 Å². The van der Waals surface area contributed by atoms with Crippen LogP contribution in [0, 0.1) is 5.92 Å². The molecule has 1 aromatic carbocycles. The number of carbonyl (C=O) groups is 1. The third-order valence-electron chi connectivity index (χ3n) is 4.59. The van der Waals surface area contributed by atoms with E-state index in [1.807, 2.05) is 0 Å². The van der Waals surface area contributed by atoms with Crippen molar-refractivity contribution < 1.29 is 22.7 Å². The van der Waals surface area contributed by atoms with Gasteiger partial charge in [0.05, 0.1) is 11.6 Å². The number of halogens is 5. The lowest BCUT2D eigenvalue weighted by Gasteiger charge is -2.26. The number of alkyl halides is 3. The SMILES string of the molecule is Cl.Cl.NC(C(=O)Nc1ccc(Nc2ccc(C(F)(F)F)cn2)cc1)C1CCOCC1. The van der Waals surface area contributed by atoms with E-state index in [1.54, 1.807) is 24.3 Å². The number of benzene rings is 1. The molecule has 4 N–H and O–H groups in total. The van der Waals surface area contributed by atoms with E-state index in [-0.39, 0.29) is 42.5 Å². The Morgan fingerprint density at radius 3 is 2.20 bits per heavy atom. The average Bonchev–Trinajstić information content (AvgIpc) is 2.69. The third-order valence-corrected chi connectivity index (χ3v) is 4.59. The van der Waals surface area contributed by atoms with Crippen molar-refractivity contribution in [1.82, 2.24) is 4.98 Å². The molecule has 1 unspecified atom stereocenters. The molecule has 2 aromatic rings. The number of pyridine rings is 1. The zero-order valence-electron chi connectivity index (χ0n) is 15.8. The Balaban J connectivity index is 0.00000225. The first-order chi connectivity index (χ1) is 13.3. The summed E-state index contributed by atoms with van der Waals surface area (Å²) in [5, 5.41) is 5.69. The van der Waals surface area contributed by atoms with E-state index < -0.39 is 17.8 Å². The molecule has 0 spiro atoms. The smallest absolute Gasteiger partial charge is 0.381 e. The second kappa shape index (κ2) is 11.4. The summed E-state index contributed by atoms with van der Waals surface area (Å²) in [6, 6.07) is 8.36. The van der Waals surface area contributed by atoms with Gasteiger partial charge in [-0.25, -0.2) is 4.98 Å². The van der Waals surface area contributed by atoms with E-state index >= 15 is 0 Å². The molecule has 1 fully saturated rings. The molecule has 1 atom stereocenters. The number of amides is 1. The first-order valence-electron chi connectivity index (χ1n) is 8.87. The molecule has 1 aliphatic heterocycles. The predicted molar refractivity (Wildman–Crippen MR) is 114 cm³/mol. The second-order valence-electron chi connectivity index (χ2n) is 6.60. The lowest BCUT2D eigenvalue weighted by molar-refractivity contribution is -0.137. The number of hydrogen-bond acceptors (Lipinski definition) is 5. The molecule has 3 rings (SSSR count). The average molecular weight is 467 g/mol. The molecule has 1 saturated heterocycles. The number of nitrogens with zero attached hydrogens (tertiary/aromatic N) is 1. The number of nitrogens with one attached hydrogen (secondary N) is 2. The van der Waals surface area contributed by atoms with Crippen LogP contribution in [-0.2, 0) is 15.7 Å². The molecule has 1 aliphatic rings. The maximum absolute atomic E-state index is 12.6. The van der Waals surface area contributed by atoms with Gasteiger partial charge in [0.2, 0.25) is 5.91 Å². The molecular formula is C19H23Cl2F3N4O2. The van der Waals surface area contributed by atoms with Gasteiger partial charge in [-0.1, -0.05) is 0 Å². The highest BCUT2D eigenvalue weighted by Crippen LogP contribution is 2.29. The van der Waals surface area contributed by atoms with Crippen molar-refractivity contribution in [3.05, 3.63) is 48.2 Å². The third kappa shape index (κ3) is 7.02. The summed E-state index contributed by atoms with van der Waals surface area (Å²) in [7, 11) is 0. The summed E-state index contributed by atoms with van der Waals surface area (Å²) >= 11 is 0. The molecule has 6 nitrogen and oxygen atoms in total. The van der Waals surface area contributed by atoms with Crippen LogP contribution in [-0.4, -0.2) is 30.1 Å². The number of anilines is 3. The quantitative estimate of drug-likeness (QED) is 0.608. The first-order valence-corrected chi connectivity index (χ1v) is 8.87. The number of hydrogen-bond donors (Lipinski definition) is 3. The maximum atomic E-state index is 12.6. The van der Waals surface area contributed by atoms with E-state index in [0.717, 1.165) is 25.1 Å². The van der Waals surface area contributed by atoms with Gasteiger partial charge in [0.15, 0.2) is 0 Å². The zero-order chi connectivity index (χ0) is 20.1. The van der Waals surface area contributed by atoms with Crippen LogP contribution in [0.15, 0.2) is 42.6 Å². The van der Waals surface area contributed by atoms with Crippen molar-refractivity contribution in [1.29, 1.82) is 0 Å². The Kier molecular flexibility index (Phi) is 9.83. The Labute approximate surface area is 184 Å². The van der Waals surface area contributed by atoms with Crippen LogP contribution >= 0.6 is 24.8 Å². The fourth-order valence-electron chi connectivity index (χ4n) is 2.93. The summed E-state index contributed by atoms with van der Waals surface area (Å²) < 4.78 is 43.0. The molecule has 0 saturated carbocycles.